The molecule has 0 unspecified atom stereocenters. The van der Waals surface area contributed by atoms with Gasteiger partial charge in [-0.15, -0.1) is 0 Å². The maximum absolute atomic E-state index is 11.5. The number of amidine groups is 1. The van der Waals surface area contributed by atoms with Gasteiger partial charge in [-0.3, -0.25) is 14.1 Å². The highest BCUT2D eigenvalue weighted by molar-refractivity contribution is 8.12. The summed E-state index contributed by atoms with van der Waals surface area (Å²) < 4.78 is 24.0. The number of aromatic nitrogens is 3. The number of nitrogens with zero attached hydrogens (tertiary/aromatic N) is 6. The van der Waals surface area contributed by atoms with Gasteiger partial charge in [0.1, 0.15) is 5.84 Å². The molecule has 2 amide bonds. The fourth-order valence-corrected chi connectivity index (χ4v) is 6.63. The number of H-pyrrole nitrogens is 1. The standard InChI is InChI=1S/C13H13ClN4O.C11H8ClN3O.C10H7ClN2.CClNO3S/c14-9-2-1-3-10-12(9)8(7-18(10)13(15)19)6-11-16-4-5-17-11;12-8-2-1-3-9-10(8)7(4-5-13)6-15(9)11(14)16;11-8-2-1-3-9-10(8)7(4-5-12)6-13-9;2-7(5,6)3-1-4/h1-3,7H,4-6H2,(H2,15,19)(H,16,17);1-3,6H,4H2,(H2,14,16);1-3,6,13H,4H2;. The average Bonchev–Trinajstić information content (AvgIpc) is 3.93. The minimum atomic E-state index is -4.00. The summed E-state index contributed by atoms with van der Waals surface area (Å²) in [6, 6.07) is 19.3. The monoisotopic (exact) mass is 840 g/mol. The number of fused-ring (bicyclic) bond motifs is 3. The lowest BCUT2D eigenvalue weighted by Crippen LogP contribution is -2.21. The number of halogens is 4. The maximum atomic E-state index is 11.5. The summed E-state index contributed by atoms with van der Waals surface area (Å²) in [5.74, 6) is 0.920. The molecule has 282 valence electrons. The largest absolute Gasteiger partial charge is 0.372 e. The van der Waals surface area contributed by atoms with Crippen LogP contribution in [-0.4, -0.2) is 59.6 Å². The SMILES string of the molecule is N#CCc1c[nH]c2cccc(Cl)c12.N#CCc1cn(C(N)=O)c2cccc(Cl)c12.NC(=O)n1cc(CC2=NCCN2)c2c(Cl)cccc21.O=C=NS(=O)(=O)Cl. The fourth-order valence-electron chi connectivity index (χ4n) is 5.58. The normalized spacial score (nSPS) is 11.6. The lowest BCUT2D eigenvalue weighted by Gasteiger charge is -2.02. The van der Waals surface area contributed by atoms with Crippen LogP contribution in [0.5, 0.6) is 0 Å². The molecule has 1 aliphatic rings. The molecule has 4 heterocycles. The van der Waals surface area contributed by atoms with E-state index in [1.165, 1.54) is 9.13 Å². The van der Waals surface area contributed by atoms with Gasteiger partial charge in [-0.2, -0.15) is 18.9 Å². The molecule has 3 aromatic heterocycles. The summed E-state index contributed by atoms with van der Waals surface area (Å²) in [6.07, 6.45) is 7.10. The summed E-state index contributed by atoms with van der Waals surface area (Å²) in [6.45, 7) is 1.65. The third-order valence-electron chi connectivity index (χ3n) is 7.71. The van der Waals surface area contributed by atoms with Gasteiger partial charge in [0, 0.05) is 63.9 Å². The first-order chi connectivity index (χ1) is 26.2. The molecule has 0 atom stereocenters. The molecule has 0 fully saturated rings. The number of primary amides is 2. The Labute approximate surface area is 332 Å². The molecule has 0 saturated carbocycles. The molecule has 20 heteroatoms. The molecule has 3 aromatic carbocycles. The van der Waals surface area contributed by atoms with Gasteiger partial charge in [-0.1, -0.05) is 57.4 Å². The number of aromatic amines is 1. The van der Waals surface area contributed by atoms with Crippen molar-refractivity contribution in [3.05, 3.63) is 105 Å². The number of amides is 2. The molecule has 0 saturated heterocycles. The molecule has 7 rings (SSSR count). The summed E-state index contributed by atoms with van der Waals surface area (Å²) >= 11 is 18.3. The Bertz CT molecular complexity index is 2680. The number of hydrogen-bond acceptors (Lipinski definition) is 9. The molecule has 0 aliphatic carbocycles. The molecule has 6 aromatic rings. The van der Waals surface area contributed by atoms with E-state index in [1.54, 1.807) is 36.7 Å². The number of aliphatic imine (C=N–C) groups is 1. The van der Waals surface area contributed by atoms with Gasteiger partial charge in [-0.05, 0) is 53.1 Å². The predicted octanol–water partition coefficient (Wildman–Crippen LogP) is 6.75. The van der Waals surface area contributed by atoms with Crippen LogP contribution in [0.25, 0.3) is 32.7 Å². The Hall–Kier alpha value is -5.84. The van der Waals surface area contributed by atoms with Crippen molar-refractivity contribution in [2.24, 2.45) is 20.9 Å². The summed E-state index contributed by atoms with van der Waals surface area (Å²) in [5, 5.41) is 24.9. The number of benzene rings is 3. The van der Waals surface area contributed by atoms with Crippen molar-refractivity contribution < 1.29 is 22.8 Å². The smallest absolute Gasteiger partial charge is 0.350 e. The Morgan fingerprint density at radius 2 is 1.33 bits per heavy atom. The van der Waals surface area contributed by atoms with Crippen LogP contribution in [0.4, 0.5) is 9.59 Å². The van der Waals surface area contributed by atoms with E-state index >= 15 is 0 Å². The van der Waals surface area contributed by atoms with Gasteiger partial charge in [-0.25, -0.2) is 14.4 Å². The second kappa shape index (κ2) is 19.0. The highest BCUT2D eigenvalue weighted by Crippen LogP contribution is 2.30. The number of nitrogens with one attached hydrogen (secondary N) is 2. The zero-order valence-corrected chi connectivity index (χ0v) is 32.1. The predicted molar refractivity (Wildman–Crippen MR) is 213 cm³/mol. The molecular weight excluding hydrogens is 814 g/mol. The fraction of sp³-hybridized carbons (Fsp3) is 0.143. The van der Waals surface area contributed by atoms with Crippen LogP contribution in [0.1, 0.15) is 16.7 Å². The first-order valence-electron chi connectivity index (χ1n) is 15.7. The minimum Gasteiger partial charge on any atom is -0.372 e. The van der Waals surface area contributed by atoms with Gasteiger partial charge in [0.2, 0.25) is 0 Å². The van der Waals surface area contributed by atoms with Crippen molar-refractivity contribution in [3.63, 3.8) is 0 Å². The molecule has 0 spiro atoms. The summed E-state index contributed by atoms with van der Waals surface area (Å²) in [7, 11) is 0.376. The molecule has 0 radical (unpaired) electrons. The maximum Gasteiger partial charge on any atom is 0.350 e. The van der Waals surface area contributed by atoms with Crippen LogP contribution in [0.2, 0.25) is 15.1 Å². The lowest BCUT2D eigenvalue weighted by molar-refractivity contribution is 0.250. The van der Waals surface area contributed by atoms with Gasteiger partial charge in [0.25, 0.3) is 6.08 Å². The first-order valence-corrected chi connectivity index (χ1v) is 19.1. The van der Waals surface area contributed by atoms with Crippen molar-refractivity contribution in [3.8, 4) is 12.1 Å². The Balaban J connectivity index is 0.000000171. The van der Waals surface area contributed by atoms with Crippen molar-refractivity contribution in [1.29, 1.82) is 10.5 Å². The average molecular weight is 843 g/mol. The van der Waals surface area contributed by atoms with Crippen molar-refractivity contribution in [1.82, 2.24) is 19.4 Å². The second-order valence-electron chi connectivity index (χ2n) is 11.2. The second-order valence-corrected chi connectivity index (χ2v) is 14.6. The molecule has 0 bridgehead atoms. The Morgan fingerprint density at radius 3 is 1.80 bits per heavy atom. The zero-order chi connectivity index (χ0) is 40.3. The van der Waals surface area contributed by atoms with E-state index in [0.717, 1.165) is 57.9 Å². The number of carbonyl (C=O) groups excluding carboxylic acids is 3. The van der Waals surface area contributed by atoms with Gasteiger partial charge >= 0.3 is 21.3 Å². The topological polar surface area (TPSA) is 247 Å². The lowest BCUT2D eigenvalue weighted by atomic mass is 10.1. The number of isocyanates is 1. The van der Waals surface area contributed by atoms with Crippen molar-refractivity contribution >= 4 is 111 Å². The van der Waals surface area contributed by atoms with E-state index < -0.39 is 21.3 Å². The van der Waals surface area contributed by atoms with E-state index in [9.17, 15) is 18.0 Å². The number of hydrogen-bond donors (Lipinski definition) is 4. The van der Waals surface area contributed by atoms with E-state index in [2.05, 4.69) is 36.4 Å². The Morgan fingerprint density at radius 1 is 0.818 bits per heavy atom. The van der Waals surface area contributed by atoms with Crippen LogP contribution in [0, 0.1) is 22.7 Å². The van der Waals surface area contributed by atoms with Crippen LogP contribution in [0.15, 0.2) is 82.6 Å². The van der Waals surface area contributed by atoms with E-state index in [4.69, 9.17) is 61.6 Å². The van der Waals surface area contributed by atoms with Crippen LogP contribution in [-0.2, 0) is 33.3 Å². The van der Waals surface area contributed by atoms with Crippen LogP contribution < -0.4 is 16.8 Å². The highest BCUT2D eigenvalue weighted by atomic mass is 35.7. The quantitative estimate of drug-likeness (QED) is 0.0819. The van der Waals surface area contributed by atoms with Crippen LogP contribution in [0.3, 0.4) is 0 Å². The summed E-state index contributed by atoms with van der Waals surface area (Å²) in [5.41, 5.74) is 15.6. The molecular formula is C35H28Cl4N10O5S. The van der Waals surface area contributed by atoms with Gasteiger partial charge in [0.05, 0.1) is 57.6 Å². The first kappa shape index (κ1) is 41.9. The number of nitriles is 2. The minimum absolute atomic E-state index is 0.195. The number of carbonyl (C=O) groups is 2. The molecule has 55 heavy (non-hydrogen) atoms. The highest BCUT2D eigenvalue weighted by Gasteiger charge is 2.17. The zero-order valence-electron chi connectivity index (χ0n) is 28.3. The number of nitrogens with two attached hydrogens (primary N) is 2. The van der Waals surface area contributed by atoms with E-state index in [-0.39, 0.29) is 6.42 Å². The van der Waals surface area contributed by atoms with Crippen molar-refractivity contribution in [2.75, 3.05) is 13.1 Å². The van der Waals surface area contributed by atoms with Crippen molar-refractivity contribution in [2.45, 2.75) is 19.3 Å². The number of rotatable bonds is 5. The third kappa shape index (κ3) is 10.6. The summed E-state index contributed by atoms with van der Waals surface area (Å²) in [4.78, 5) is 39.2. The van der Waals surface area contributed by atoms with Gasteiger partial charge < -0.3 is 21.8 Å². The molecule has 6 N–H and O–H groups in total. The molecule has 1 aliphatic heterocycles. The van der Waals surface area contributed by atoms with E-state index in [1.807, 2.05) is 42.6 Å². The Kier molecular flexibility index (Phi) is 14.4. The third-order valence-corrected chi connectivity index (χ3v) is 9.16. The van der Waals surface area contributed by atoms with Gasteiger partial charge in [0.15, 0.2) is 0 Å². The van der Waals surface area contributed by atoms with E-state index in [0.29, 0.717) is 44.4 Å². The molecule has 15 nitrogen and oxygen atoms in total. The van der Waals surface area contributed by atoms with Crippen LogP contribution >= 0.6 is 45.5 Å².